The lowest BCUT2D eigenvalue weighted by Gasteiger charge is -2.19. The summed E-state index contributed by atoms with van der Waals surface area (Å²) in [7, 11) is 0. The molecule has 0 N–H and O–H groups in total. The van der Waals surface area contributed by atoms with Crippen molar-refractivity contribution >= 4 is 0 Å². The summed E-state index contributed by atoms with van der Waals surface area (Å²) in [5, 5.41) is 0. The standard InChI is InChI=1S/C40H74O3/c1-5-9-13-15-17-19-21-23-25-29-33-39(31-27-11-7-3)42-37-35-41-36-38-43-40(32-28-12-8-4)34-30-26-24-22-20-18-16-14-10-6-2/h5-6,9-10,13-14,39-40H,1-2,7-8,11-12,15-38H2,3-4H3. The molecule has 0 heterocycles. The number of rotatable bonds is 36. The topological polar surface area (TPSA) is 27.7 Å². The van der Waals surface area contributed by atoms with Gasteiger partial charge >= 0.3 is 0 Å². The molecule has 0 radical (unpaired) electrons. The molecule has 3 nitrogen and oxygen atoms in total. The monoisotopic (exact) mass is 603 g/mol. The molecular formula is C40H74O3. The summed E-state index contributed by atoms with van der Waals surface area (Å²) in [4.78, 5) is 0. The van der Waals surface area contributed by atoms with Crippen molar-refractivity contribution in [3.8, 4) is 0 Å². The van der Waals surface area contributed by atoms with E-state index in [0.717, 1.165) is 0 Å². The molecule has 0 aromatic rings. The first-order valence-electron chi connectivity index (χ1n) is 18.6. The predicted molar refractivity (Wildman–Crippen MR) is 191 cm³/mol. The molecule has 2 unspecified atom stereocenters. The molecule has 0 saturated carbocycles. The van der Waals surface area contributed by atoms with E-state index in [1.165, 1.54) is 154 Å². The van der Waals surface area contributed by atoms with Gasteiger partial charge in [-0.25, -0.2) is 0 Å². The summed E-state index contributed by atoms with van der Waals surface area (Å²) in [6.07, 6.45) is 43.9. The minimum absolute atomic E-state index is 0.396. The van der Waals surface area contributed by atoms with Gasteiger partial charge in [0.1, 0.15) is 0 Å². The Hall–Kier alpha value is -1.16. The van der Waals surface area contributed by atoms with Gasteiger partial charge < -0.3 is 14.2 Å². The molecule has 0 aliphatic heterocycles. The third-order valence-corrected chi connectivity index (χ3v) is 8.26. The van der Waals surface area contributed by atoms with Gasteiger partial charge in [-0.3, -0.25) is 0 Å². The highest BCUT2D eigenvalue weighted by Gasteiger charge is 2.10. The van der Waals surface area contributed by atoms with Crippen LogP contribution in [0, 0.1) is 0 Å². The molecule has 0 aliphatic carbocycles. The quantitative estimate of drug-likeness (QED) is 0.0527. The average molecular weight is 603 g/mol. The highest BCUT2D eigenvalue weighted by Crippen LogP contribution is 2.17. The fraction of sp³-hybridized carbons (Fsp3) is 0.800. The van der Waals surface area contributed by atoms with Crippen molar-refractivity contribution in [1.29, 1.82) is 0 Å². The molecule has 0 rings (SSSR count). The molecule has 0 aliphatic rings. The SMILES string of the molecule is C=CC=CCCCCCCCCC(CCCCC)OCCOCCOC(CCCCC)CCCCCCCCC=CC=C. The second-order valence-corrected chi connectivity index (χ2v) is 12.3. The van der Waals surface area contributed by atoms with Crippen LogP contribution in [0.1, 0.15) is 168 Å². The zero-order valence-corrected chi connectivity index (χ0v) is 29.1. The van der Waals surface area contributed by atoms with Crippen molar-refractivity contribution in [1.82, 2.24) is 0 Å². The molecule has 3 heteroatoms. The van der Waals surface area contributed by atoms with Crippen LogP contribution in [0.3, 0.4) is 0 Å². The Morgan fingerprint density at radius 2 is 0.791 bits per heavy atom. The van der Waals surface area contributed by atoms with Gasteiger partial charge in [-0.15, -0.1) is 0 Å². The molecule has 2 atom stereocenters. The van der Waals surface area contributed by atoms with Gasteiger partial charge in [0.2, 0.25) is 0 Å². The van der Waals surface area contributed by atoms with Gasteiger partial charge in [-0.05, 0) is 51.4 Å². The molecule has 0 aromatic heterocycles. The molecule has 0 amide bonds. The molecule has 0 spiro atoms. The smallest absolute Gasteiger partial charge is 0.0704 e. The number of unbranched alkanes of at least 4 members (excludes halogenated alkanes) is 16. The van der Waals surface area contributed by atoms with Gasteiger partial charge in [-0.2, -0.15) is 0 Å². The normalized spacial score (nSPS) is 13.3. The zero-order chi connectivity index (χ0) is 31.3. The van der Waals surface area contributed by atoms with E-state index in [4.69, 9.17) is 14.2 Å². The van der Waals surface area contributed by atoms with Gasteiger partial charge in [0, 0.05) is 0 Å². The van der Waals surface area contributed by atoms with Crippen LogP contribution in [0.15, 0.2) is 49.6 Å². The van der Waals surface area contributed by atoms with E-state index < -0.39 is 0 Å². The Morgan fingerprint density at radius 3 is 1.16 bits per heavy atom. The van der Waals surface area contributed by atoms with Crippen molar-refractivity contribution in [2.24, 2.45) is 0 Å². The molecule has 0 aromatic carbocycles. The highest BCUT2D eigenvalue weighted by atomic mass is 16.5. The maximum Gasteiger partial charge on any atom is 0.0704 e. The number of ether oxygens (including phenoxy) is 3. The van der Waals surface area contributed by atoms with Crippen LogP contribution in [0.25, 0.3) is 0 Å². The van der Waals surface area contributed by atoms with Crippen LogP contribution in [0.5, 0.6) is 0 Å². The van der Waals surface area contributed by atoms with Crippen LogP contribution in [-0.2, 0) is 14.2 Å². The third kappa shape index (κ3) is 33.6. The van der Waals surface area contributed by atoms with E-state index in [0.29, 0.717) is 38.6 Å². The van der Waals surface area contributed by atoms with Crippen LogP contribution in [0.4, 0.5) is 0 Å². The van der Waals surface area contributed by atoms with Crippen molar-refractivity contribution in [3.05, 3.63) is 49.6 Å². The average Bonchev–Trinajstić information content (AvgIpc) is 3.01. The summed E-state index contributed by atoms with van der Waals surface area (Å²) >= 11 is 0. The van der Waals surface area contributed by atoms with Gasteiger partial charge in [-0.1, -0.05) is 166 Å². The Balaban J connectivity index is 4.01. The van der Waals surface area contributed by atoms with Gasteiger partial charge in [0.25, 0.3) is 0 Å². The van der Waals surface area contributed by atoms with E-state index >= 15 is 0 Å². The number of hydrogen-bond acceptors (Lipinski definition) is 3. The highest BCUT2D eigenvalue weighted by molar-refractivity contribution is 4.97. The van der Waals surface area contributed by atoms with E-state index in [2.05, 4.69) is 51.3 Å². The second kappa shape index (κ2) is 37.0. The summed E-state index contributed by atoms with van der Waals surface area (Å²) in [5.74, 6) is 0. The molecule has 252 valence electrons. The molecule has 43 heavy (non-hydrogen) atoms. The maximum atomic E-state index is 6.29. The summed E-state index contributed by atoms with van der Waals surface area (Å²) < 4.78 is 18.5. The van der Waals surface area contributed by atoms with Crippen LogP contribution in [-0.4, -0.2) is 38.6 Å². The third-order valence-electron chi connectivity index (χ3n) is 8.26. The molecular weight excluding hydrogens is 528 g/mol. The largest absolute Gasteiger partial charge is 0.377 e. The fourth-order valence-electron chi connectivity index (χ4n) is 5.58. The molecule has 0 bridgehead atoms. The fourth-order valence-corrected chi connectivity index (χ4v) is 5.58. The Morgan fingerprint density at radius 1 is 0.442 bits per heavy atom. The lowest BCUT2D eigenvalue weighted by molar-refractivity contribution is -0.0330. The van der Waals surface area contributed by atoms with Crippen LogP contribution >= 0.6 is 0 Å². The minimum Gasteiger partial charge on any atom is -0.377 e. The van der Waals surface area contributed by atoms with Crippen molar-refractivity contribution in [2.45, 2.75) is 180 Å². The lowest BCUT2D eigenvalue weighted by atomic mass is 10.0. The first-order valence-corrected chi connectivity index (χ1v) is 18.6. The first-order chi connectivity index (χ1) is 21.3. The minimum atomic E-state index is 0.396. The van der Waals surface area contributed by atoms with Crippen molar-refractivity contribution in [2.75, 3.05) is 26.4 Å². The Kier molecular flexibility index (Phi) is 36.0. The lowest BCUT2D eigenvalue weighted by Crippen LogP contribution is -2.19. The predicted octanol–water partition coefficient (Wildman–Crippen LogP) is 12.7. The zero-order valence-electron chi connectivity index (χ0n) is 29.1. The van der Waals surface area contributed by atoms with Crippen molar-refractivity contribution < 1.29 is 14.2 Å². The van der Waals surface area contributed by atoms with Crippen LogP contribution < -0.4 is 0 Å². The molecule has 0 fully saturated rings. The van der Waals surface area contributed by atoms with E-state index in [-0.39, 0.29) is 0 Å². The Bertz CT molecular complexity index is 559. The van der Waals surface area contributed by atoms with E-state index in [9.17, 15) is 0 Å². The van der Waals surface area contributed by atoms with Gasteiger partial charge in [0.15, 0.2) is 0 Å². The van der Waals surface area contributed by atoms with E-state index in [1.807, 2.05) is 12.2 Å². The van der Waals surface area contributed by atoms with Gasteiger partial charge in [0.05, 0.1) is 38.6 Å². The summed E-state index contributed by atoms with van der Waals surface area (Å²) in [6.45, 7) is 14.8. The number of allylic oxidation sites excluding steroid dienone is 6. The van der Waals surface area contributed by atoms with Crippen LogP contribution in [0.2, 0.25) is 0 Å². The molecule has 0 saturated heterocycles. The summed E-state index contributed by atoms with van der Waals surface area (Å²) in [6, 6.07) is 0. The number of hydrogen-bond donors (Lipinski definition) is 0. The Labute approximate surface area is 270 Å². The summed E-state index contributed by atoms with van der Waals surface area (Å²) in [5.41, 5.74) is 0. The first kappa shape index (κ1) is 41.8. The van der Waals surface area contributed by atoms with Crippen molar-refractivity contribution in [3.63, 3.8) is 0 Å². The van der Waals surface area contributed by atoms with E-state index in [1.54, 1.807) is 0 Å². The maximum absolute atomic E-state index is 6.29. The second-order valence-electron chi connectivity index (χ2n) is 12.3.